The van der Waals surface area contributed by atoms with E-state index in [9.17, 15) is 4.79 Å². The topological polar surface area (TPSA) is 52.3 Å². The molecule has 0 radical (unpaired) electrons. The highest BCUT2D eigenvalue weighted by Crippen LogP contribution is 2.44. The average Bonchev–Trinajstić information content (AvgIpc) is 3.00. The summed E-state index contributed by atoms with van der Waals surface area (Å²) in [5.74, 6) is 0.0407. The van der Waals surface area contributed by atoms with Crippen LogP contribution in [0.3, 0.4) is 0 Å². The third-order valence-electron chi connectivity index (χ3n) is 3.24. The predicted molar refractivity (Wildman–Crippen MR) is 61.6 cm³/mol. The first kappa shape index (κ1) is 11.1. The summed E-state index contributed by atoms with van der Waals surface area (Å²) >= 11 is 0. The van der Waals surface area contributed by atoms with Gasteiger partial charge in [0.1, 0.15) is 12.1 Å². The highest BCUT2D eigenvalue weighted by atomic mass is 16.5. The fourth-order valence-corrected chi connectivity index (χ4v) is 1.96. The molecule has 0 amide bonds. The van der Waals surface area contributed by atoms with E-state index in [2.05, 4.69) is 0 Å². The molecule has 0 spiro atoms. The van der Waals surface area contributed by atoms with Crippen LogP contribution in [0.25, 0.3) is 0 Å². The normalized spacial score (nSPS) is 27.5. The number of rotatable bonds is 4. The zero-order chi connectivity index (χ0) is 11.6. The van der Waals surface area contributed by atoms with Gasteiger partial charge in [0.05, 0.1) is 0 Å². The molecule has 2 atom stereocenters. The molecule has 1 aliphatic carbocycles. The largest absolute Gasteiger partial charge is 0.459 e. The number of hydrogen-bond donors (Lipinski definition) is 1. The maximum atomic E-state index is 11.7. The quantitative estimate of drug-likeness (QED) is 0.786. The maximum absolute atomic E-state index is 11.7. The summed E-state index contributed by atoms with van der Waals surface area (Å²) in [5, 5.41) is 0. The summed E-state index contributed by atoms with van der Waals surface area (Å²) in [6.45, 7) is 2.36. The first-order valence-electron chi connectivity index (χ1n) is 5.67. The molecule has 0 saturated heterocycles. The Morgan fingerprint density at radius 3 is 2.75 bits per heavy atom. The van der Waals surface area contributed by atoms with Gasteiger partial charge in [0.25, 0.3) is 0 Å². The Labute approximate surface area is 95.6 Å². The number of hydrogen-bond acceptors (Lipinski definition) is 3. The lowest BCUT2D eigenvalue weighted by molar-refractivity contribution is -0.148. The standard InChI is InChI=1S/C13H17NO2/c1-2-11-8-13(11,14)12(15)16-9-10-6-4-3-5-7-10/h3-7,11H,2,8-9,14H2,1H3/t11-,13-/m1/s1. The van der Waals surface area contributed by atoms with Crippen molar-refractivity contribution in [1.82, 2.24) is 0 Å². The molecule has 1 saturated carbocycles. The van der Waals surface area contributed by atoms with Gasteiger partial charge in [0, 0.05) is 0 Å². The fraction of sp³-hybridized carbons (Fsp3) is 0.462. The summed E-state index contributed by atoms with van der Waals surface area (Å²) in [6.07, 6.45) is 1.70. The Morgan fingerprint density at radius 1 is 1.50 bits per heavy atom. The maximum Gasteiger partial charge on any atom is 0.326 e. The van der Waals surface area contributed by atoms with Crippen LogP contribution in [0.15, 0.2) is 30.3 Å². The monoisotopic (exact) mass is 219 g/mol. The van der Waals surface area contributed by atoms with Gasteiger partial charge in [-0.05, 0) is 17.9 Å². The molecule has 86 valence electrons. The Bertz CT molecular complexity index is 377. The highest BCUT2D eigenvalue weighted by molar-refractivity contribution is 5.84. The van der Waals surface area contributed by atoms with Gasteiger partial charge < -0.3 is 10.5 Å². The molecule has 16 heavy (non-hydrogen) atoms. The molecule has 1 fully saturated rings. The van der Waals surface area contributed by atoms with Crippen LogP contribution in [-0.4, -0.2) is 11.5 Å². The van der Waals surface area contributed by atoms with E-state index < -0.39 is 5.54 Å². The second-order valence-electron chi connectivity index (χ2n) is 4.41. The van der Waals surface area contributed by atoms with E-state index >= 15 is 0 Å². The lowest BCUT2D eigenvalue weighted by Gasteiger charge is -2.10. The molecular formula is C13H17NO2. The molecule has 1 aromatic rings. The van der Waals surface area contributed by atoms with Crippen LogP contribution in [0.2, 0.25) is 0 Å². The van der Waals surface area contributed by atoms with Crippen molar-refractivity contribution in [3.8, 4) is 0 Å². The van der Waals surface area contributed by atoms with Crippen molar-refractivity contribution in [1.29, 1.82) is 0 Å². The number of benzene rings is 1. The molecule has 2 rings (SSSR count). The number of ether oxygens (including phenoxy) is 1. The van der Waals surface area contributed by atoms with Gasteiger partial charge in [-0.15, -0.1) is 0 Å². The lowest BCUT2D eigenvalue weighted by atomic mass is 10.2. The second kappa shape index (κ2) is 4.26. The van der Waals surface area contributed by atoms with E-state index in [4.69, 9.17) is 10.5 Å². The fourth-order valence-electron chi connectivity index (χ4n) is 1.96. The van der Waals surface area contributed by atoms with Gasteiger partial charge in [-0.25, -0.2) is 0 Å². The molecule has 0 bridgehead atoms. The van der Waals surface area contributed by atoms with Crippen molar-refractivity contribution < 1.29 is 9.53 Å². The Kier molecular flexibility index (Phi) is 2.97. The summed E-state index contributed by atoms with van der Waals surface area (Å²) in [7, 11) is 0. The smallest absolute Gasteiger partial charge is 0.326 e. The van der Waals surface area contributed by atoms with Crippen LogP contribution in [0.5, 0.6) is 0 Å². The molecule has 0 aromatic heterocycles. The number of carbonyl (C=O) groups is 1. The minimum absolute atomic E-state index is 0.261. The molecule has 0 aliphatic heterocycles. The summed E-state index contributed by atoms with van der Waals surface area (Å²) in [6, 6.07) is 9.64. The summed E-state index contributed by atoms with van der Waals surface area (Å²) < 4.78 is 5.22. The molecule has 1 aliphatic rings. The summed E-state index contributed by atoms with van der Waals surface area (Å²) in [4.78, 5) is 11.7. The minimum atomic E-state index is -0.705. The van der Waals surface area contributed by atoms with Crippen molar-refractivity contribution in [3.63, 3.8) is 0 Å². The molecule has 0 heterocycles. The van der Waals surface area contributed by atoms with E-state index in [1.165, 1.54) is 0 Å². The SMILES string of the molecule is CC[C@@H]1C[C@]1(N)C(=O)OCc1ccccc1. The molecule has 2 N–H and O–H groups in total. The van der Waals surface area contributed by atoms with Crippen molar-refractivity contribution >= 4 is 5.97 Å². The Hall–Kier alpha value is -1.35. The zero-order valence-electron chi connectivity index (χ0n) is 9.48. The summed E-state index contributed by atoms with van der Waals surface area (Å²) in [5.41, 5.74) is 6.22. The van der Waals surface area contributed by atoms with Gasteiger partial charge in [0.2, 0.25) is 0 Å². The number of nitrogens with two attached hydrogens (primary N) is 1. The molecular weight excluding hydrogens is 202 g/mol. The van der Waals surface area contributed by atoms with Crippen LogP contribution >= 0.6 is 0 Å². The van der Waals surface area contributed by atoms with Gasteiger partial charge in [-0.3, -0.25) is 4.79 Å². The van der Waals surface area contributed by atoms with Crippen molar-refractivity contribution in [2.24, 2.45) is 11.7 Å². The molecule has 0 unspecified atom stereocenters. The van der Waals surface area contributed by atoms with Crippen molar-refractivity contribution in [2.75, 3.05) is 0 Å². The van der Waals surface area contributed by atoms with Crippen LogP contribution in [0, 0.1) is 5.92 Å². The van der Waals surface area contributed by atoms with E-state index in [1.54, 1.807) is 0 Å². The predicted octanol–water partition coefficient (Wildman–Crippen LogP) is 1.86. The Morgan fingerprint density at radius 2 is 2.19 bits per heavy atom. The number of esters is 1. The van der Waals surface area contributed by atoms with Gasteiger partial charge in [0.15, 0.2) is 0 Å². The molecule has 3 nitrogen and oxygen atoms in total. The first-order valence-corrected chi connectivity index (χ1v) is 5.67. The van der Waals surface area contributed by atoms with Gasteiger partial charge >= 0.3 is 5.97 Å². The average molecular weight is 219 g/mol. The van der Waals surface area contributed by atoms with Crippen LogP contribution in [0.1, 0.15) is 25.3 Å². The first-order chi connectivity index (χ1) is 7.66. The molecule has 1 aromatic carbocycles. The van der Waals surface area contributed by atoms with E-state index in [0.717, 1.165) is 18.4 Å². The van der Waals surface area contributed by atoms with E-state index in [1.807, 2.05) is 37.3 Å². The lowest BCUT2D eigenvalue weighted by Crippen LogP contribution is -2.36. The molecule has 3 heteroatoms. The van der Waals surface area contributed by atoms with Crippen molar-refractivity contribution in [2.45, 2.75) is 31.9 Å². The third-order valence-corrected chi connectivity index (χ3v) is 3.24. The van der Waals surface area contributed by atoms with Crippen LogP contribution in [0.4, 0.5) is 0 Å². The van der Waals surface area contributed by atoms with Gasteiger partial charge in [-0.1, -0.05) is 43.7 Å². The zero-order valence-corrected chi connectivity index (χ0v) is 9.48. The number of carbonyl (C=O) groups excluding carboxylic acids is 1. The second-order valence-corrected chi connectivity index (χ2v) is 4.41. The van der Waals surface area contributed by atoms with E-state index in [-0.39, 0.29) is 5.97 Å². The minimum Gasteiger partial charge on any atom is -0.459 e. The van der Waals surface area contributed by atoms with E-state index in [0.29, 0.717) is 12.5 Å². The third kappa shape index (κ3) is 2.09. The highest BCUT2D eigenvalue weighted by Gasteiger charge is 2.57. The Balaban J connectivity index is 1.86. The van der Waals surface area contributed by atoms with Gasteiger partial charge in [-0.2, -0.15) is 0 Å². The van der Waals surface area contributed by atoms with Crippen molar-refractivity contribution in [3.05, 3.63) is 35.9 Å². The van der Waals surface area contributed by atoms with Crippen LogP contribution in [-0.2, 0) is 16.1 Å². The van der Waals surface area contributed by atoms with Crippen LogP contribution < -0.4 is 5.73 Å².